The summed E-state index contributed by atoms with van der Waals surface area (Å²) < 4.78 is 2.36. The Morgan fingerprint density at radius 3 is 2.02 bits per heavy atom. The van der Waals surface area contributed by atoms with Gasteiger partial charge in [-0.1, -0.05) is 123 Å². The maximum absolute atomic E-state index is 5.39. The first kappa shape index (κ1) is 25.0. The van der Waals surface area contributed by atoms with Gasteiger partial charge >= 0.3 is 0 Å². The molecule has 44 heavy (non-hydrogen) atoms. The van der Waals surface area contributed by atoms with Crippen molar-refractivity contribution in [2.45, 2.75) is 19.3 Å². The summed E-state index contributed by atoms with van der Waals surface area (Å²) in [5.41, 5.74) is 11.1. The third-order valence-corrected chi connectivity index (χ3v) is 9.35. The van der Waals surface area contributed by atoms with Gasteiger partial charge in [-0.3, -0.25) is 0 Å². The molecule has 3 heteroatoms. The van der Waals surface area contributed by atoms with Gasteiger partial charge in [-0.05, 0) is 52.2 Å². The molecule has 0 aliphatic heterocycles. The zero-order valence-electron chi connectivity index (χ0n) is 24.6. The van der Waals surface area contributed by atoms with Gasteiger partial charge in [0.25, 0.3) is 0 Å². The van der Waals surface area contributed by atoms with Gasteiger partial charge in [0.15, 0.2) is 5.82 Å². The van der Waals surface area contributed by atoms with Crippen LogP contribution in [0, 0.1) is 0 Å². The van der Waals surface area contributed by atoms with Crippen LogP contribution in [-0.2, 0) is 5.41 Å². The highest BCUT2D eigenvalue weighted by molar-refractivity contribution is 6.11. The average Bonchev–Trinajstić information content (AvgIpc) is 3.53. The standard InChI is InChI=1S/C41H29N3/c1-41(2)33-23-21-26-13-9-10-18-30(26)36(33)37-38(42-40(43-39(37)41)27-14-5-3-6-15-27)28-22-24-35-32(25-28)31-19-11-12-20-34(31)44(35)29-16-7-4-8-17-29/h3-25H,1-2H3. The maximum atomic E-state index is 5.39. The molecule has 1 aliphatic rings. The number of nitrogens with zero attached hydrogens (tertiary/aromatic N) is 3. The summed E-state index contributed by atoms with van der Waals surface area (Å²) in [5.74, 6) is 0.761. The van der Waals surface area contributed by atoms with Crippen molar-refractivity contribution in [1.82, 2.24) is 14.5 Å². The van der Waals surface area contributed by atoms with Gasteiger partial charge in [0.1, 0.15) is 0 Å². The lowest BCUT2D eigenvalue weighted by Crippen LogP contribution is -2.17. The highest BCUT2D eigenvalue weighted by Crippen LogP contribution is 2.54. The van der Waals surface area contributed by atoms with Crippen LogP contribution in [0.3, 0.4) is 0 Å². The van der Waals surface area contributed by atoms with E-state index in [1.54, 1.807) is 0 Å². The van der Waals surface area contributed by atoms with Gasteiger partial charge < -0.3 is 4.57 Å². The summed E-state index contributed by atoms with van der Waals surface area (Å²) in [5, 5.41) is 4.92. The molecule has 8 aromatic rings. The minimum Gasteiger partial charge on any atom is -0.309 e. The highest BCUT2D eigenvalue weighted by atomic mass is 15.0. The van der Waals surface area contributed by atoms with E-state index in [9.17, 15) is 0 Å². The van der Waals surface area contributed by atoms with E-state index in [0.717, 1.165) is 39.6 Å². The van der Waals surface area contributed by atoms with Crippen LogP contribution in [-0.4, -0.2) is 14.5 Å². The molecule has 2 heterocycles. The second kappa shape index (κ2) is 9.23. The largest absolute Gasteiger partial charge is 0.309 e. The van der Waals surface area contributed by atoms with Gasteiger partial charge in [-0.15, -0.1) is 0 Å². The van der Waals surface area contributed by atoms with E-state index in [2.05, 4.69) is 152 Å². The molecular weight excluding hydrogens is 534 g/mol. The van der Waals surface area contributed by atoms with E-state index >= 15 is 0 Å². The molecule has 0 atom stereocenters. The fourth-order valence-electron chi connectivity index (χ4n) is 7.24. The average molecular weight is 564 g/mol. The first-order chi connectivity index (χ1) is 21.6. The number of fused-ring (bicyclic) bond motifs is 8. The van der Waals surface area contributed by atoms with Crippen molar-refractivity contribution in [1.29, 1.82) is 0 Å². The zero-order chi connectivity index (χ0) is 29.4. The van der Waals surface area contributed by atoms with E-state index in [4.69, 9.17) is 9.97 Å². The summed E-state index contributed by atoms with van der Waals surface area (Å²) in [4.78, 5) is 10.7. The van der Waals surface area contributed by atoms with E-state index in [-0.39, 0.29) is 5.41 Å². The normalized spacial score (nSPS) is 13.4. The number of benzene rings is 6. The Kier molecular flexibility index (Phi) is 5.24. The topological polar surface area (TPSA) is 30.7 Å². The van der Waals surface area contributed by atoms with Gasteiger partial charge in [-0.2, -0.15) is 0 Å². The third-order valence-electron chi connectivity index (χ3n) is 9.35. The van der Waals surface area contributed by atoms with Crippen molar-refractivity contribution in [3.05, 3.63) is 151 Å². The molecule has 9 rings (SSSR count). The van der Waals surface area contributed by atoms with Crippen LogP contribution in [0.15, 0.2) is 140 Å². The molecule has 2 aromatic heterocycles. The molecule has 0 fully saturated rings. The smallest absolute Gasteiger partial charge is 0.160 e. The first-order valence-electron chi connectivity index (χ1n) is 15.2. The van der Waals surface area contributed by atoms with Crippen LogP contribution in [0.4, 0.5) is 0 Å². The number of aromatic nitrogens is 3. The third kappa shape index (κ3) is 3.50. The molecule has 0 amide bonds. The van der Waals surface area contributed by atoms with Crippen LogP contribution in [0.1, 0.15) is 25.1 Å². The lowest BCUT2D eigenvalue weighted by molar-refractivity contribution is 0.636. The van der Waals surface area contributed by atoms with Crippen LogP contribution < -0.4 is 0 Å². The van der Waals surface area contributed by atoms with E-state index in [1.165, 1.54) is 43.7 Å². The lowest BCUT2D eigenvalue weighted by atomic mass is 9.84. The molecule has 0 radical (unpaired) electrons. The Hall–Kier alpha value is -5.54. The number of hydrogen-bond acceptors (Lipinski definition) is 2. The second-order valence-corrected chi connectivity index (χ2v) is 12.2. The van der Waals surface area contributed by atoms with E-state index < -0.39 is 0 Å². The SMILES string of the molecule is CC1(C)c2ccc3ccccc3c2-c2c(-c3ccc4c(c3)c3ccccc3n4-c3ccccc3)nc(-c3ccccc3)nc21. The van der Waals surface area contributed by atoms with Crippen molar-refractivity contribution >= 4 is 32.6 Å². The monoisotopic (exact) mass is 563 g/mol. The van der Waals surface area contributed by atoms with E-state index in [1.807, 2.05) is 6.07 Å². The first-order valence-corrected chi connectivity index (χ1v) is 15.2. The summed E-state index contributed by atoms with van der Waals surface area (Å²) in [7, 11) is 0. The predicted molar refractivity (Wildman–Crippen MR) is 182 cm³/mol. The van der Waals surface area contributed by atoms with Crippen molar-refractivity contribution in [2.75, 3.05) is 0 Å². The van der Waals surface area contributed by atoms with Gasteiger partial charge in [0.05, 0.1) is 22.4 Å². The van der Waals surface area contributed by atoms with Crippen LogP contribution in [0.2, 0.25) is 0 Å². The molecule has 0 N–H and O–H groups in total. The Morgan fingerprint density at radius 1 is 0.523 bits per heavy atom. The van der Waals surface area contributed by atoms with Crippen molar-refractivity contribution in [3.63, 3.8) is 0 Å². The Labute approximate surface area is 256 Å². The molecule has 0 spiro atoms. The quantitative estimate of drug-likeness (QED) is 0.214. The summed E-state index contributed by atoms with van der Waals surface area (Å²) in [6.45, 7) is 4.60. The minimum absolute atomic E-state index is 0.274. The Balaban J connectivity index is 1.39. The molecule has 3 nitrogen and oxygen atoms in total. The van der Waals surface area contributed by atoms with E-state index in [0.29, 0.717) is 0 Å². The molecule has 1 aliphatic carbocycles. The van der Waals surface area contributed by atoms with Crippen LogP contribution in [0.25, 0.3) is 72.0 Å². The molecule has 208 valence electrons. The summed E-state index contributed by atoms with van der Waals surface area (Å²) in [6, 6.07) is 49.7. The maximum Gasteiger partial charge on any atom is 0.160 e. The van der Waals surface area contributed by atoms with Crippen LogP contribution >= 0.6 is 0 Å². The molecule has 0 saturated carbocycles. The molecule has 6 aromatic carbocycles. The molecule has 0 unspecified atom stereocenters. The number of hydrogen-bond donors (Lipinski definition) is 0. The minimum atomic E-state index is -0.274. The Morgan fingerprint density at radius 2 is 1.20 bits per heavy atom. The van der Waals surface area contributed by atoms with Gasteiger partial charge in [0, 0.05) is 38.6 Å². The fourth-order valence-corrected chi connectivity index (χ4v) is 7.24. The fraction of sp³-hybridized carbons (Fsp3) is 0.0732. The summed E-state index contributed by atoms with van der Waals surface area (Å²) >= 11 is 0. The predicted octanol–water partition coefficient (Wildman–Crippen LogP) is 10.4. The molecular formula is C41H29N3. The van der Waals surface area contributed by atoms with Crippen molar-refractivity contribution < 1.29 is 0 Å². The van der Waals surface area contributed by atoms with Crippen LogP contribution in [0.5, 0.6) is 0 Å². The van der Waals surface area contributed by atoms with Crippen molar-refractivity contribution in [2.24, 2.45) is 0 Å². The van der Waals surface area contributed by atoms with Gasteiger partial charge in [0.2, 0.25) is 0 Å². The number of para-hydroxylation sites is 2. The van der Waals surface area contributed by atoms with Gasteiger partial charge in [-0.25, -0.2) is 9.97 Å². The second-order valence-electron chi connectivity index (χ2n) is 12.2. The highest BCUT2D eigenvalue weighted by Gasteiger charge is 2.40. The lowest BCUT2D eigenvalue weighted by Gasteiger charge is -2.21. The zero-order valence-corrected chi connectivity index (χ0v) is 24.6. The van der Waals surface area contributed by atoms with Crippen molar-refractivity contribution in [3.8, 4) is 39.5 Å². The molecule has 0 bridgehead atoms. The molecule has 0 saturated heterocycles. The number of rotatable bonds is 3. The summed E-state index contributed by atoms with van der Waals surface area (Å²) in [6.07, 6.45) is 0. The Bertz CT molecular complexity index is 2400.